The lowest BCUT2D eigenvalue weighted by molar-refractivity contribution is -0.140. The molecule has 2 aromatic rings. The van der Waals surface area contributed by atoms with Gasteiger partial charge in [-0.25, -0.2) is 4.31 Å². The van der Waals surface area contributed by atoms with Gasteiger partial charge in [0.1, 0.15) is 12.6 Å². The highest BCUT2D eigenvalue weighted by molar-refractivity contribution is 7.90. The van der Waals surface area contributed by atoms with Gasteiger partial charge in [-0.2, -0.15) is 12.7 Å². The normalized spacial score (nSPS) is 12.4. The molecule has 0 aromatic heterocycles. The average Bonchev–Trinajstić information content (AvgIpc) is 2.84. The quantitative estimate of drug-likeness (QED) is 0.405. The first kappa shape index (κ1) is 30.9. The van der Waals surface area contributed by atoms with Crippen LogP contribution < -0.4 is 9.62 Å². The van der Waals surface area contributed by atoms with Crippen molar-refractivity contribution in [2.75, 3.05) is 31.5 Å². The Morgan fingerprint density at radius 1 is 1.03 bits per heavy atom. The summed E-state index contributed by atoms with van der Waals surface area (Å²) in [4.78, 5) is 28.4. The molecule has 0 saturated heterocycles. The molecule has 37 heavy (non-hydrogen) atoms. The van der Waals surface area contributed by atoms with Crippen molar-refractivity contribution in [3.05, 3.63) is 63.1 Å². The zero-order valence-corrected chi connectivity index (χ0v) is 24.5. The summed E-state index contributed by atoms with van der Waals surface area (Å²) in [5.74, 6) is -0.879. The Morgan fingerprint density at radius 2 is 1.65 bits per heavy atom. The summed E-state index contributed by atoms with van der Waals surface area (Å²) in [5.41, 5.74) is 2.41. The van der Waals surface area contributed by atoms with Gasteiger partial charge in [0.05, 0.1) is 5.69 Å². The fraction of sp³-hybridized carbons (Fsp3) is 0.462. The molecule has 204 valence electrons. The van der Waals surface area contributed by atoms with Crippen molar-refractivity contribution < 1.29 is 18.0 Å². The molecule has 0 radical (unpaired) electrons. The molecular formula is C26H36Cl2N4O4S. The van der Waals surface area contributed by atoms with Crippen molar-refractivity contribution in [3.63, 3.8) is 0 Å². The van der Waals surface area contributed by atoms with Crippen LogP contribution in [0.2, 0.25) is 10.0 Å². The van der Waals surface area contributed by atoms with E-state index >= 15 is 0 Å². The lowest BCUT2D eigenvalue weighted by Crippen LogP contribution is -2.53. The van der Waals surface area contributed by atoms with Crippen LogP contribution >= 0.6 is 23.2 Å². The number of nitrogens with zero attached hydrogens (tertiary/aromatic N) is 3. The van der Waals surface area contributed by atoms with Gasteiger partial charge in [0, 0.05) is 42.8 Å². The molecule has 0 aliphatic rings. The lowest BCUT2D eigenvalue weighted by atomic mass is 10.1. The molecule has 2 rings (SSSR count). The number of hydrogen-bond donors (Lipinski definition) is 1. The molecule has 0 bridgehead atoms. The molecule has 0 fully saturated rings. The van der Waals surface area contributed by atoms with Crippen molar-refractivity contribution in [2.24, 2.45) is 0 Å². The fourth-order valence-corrected chi connectivity index (χ4v) is 5.46. The SMILES string of the molecule is CCCNC(=O)[C@@H](CC)N(Cc1c(Cl)cccc1Cl)C(=O)CN(c1cc(C)ccc1C)S(=O)(=O)N(C)C. The largest absolute Gasteiger partial charge is 0.354 e. The van der Waals surface area contributed by atoms with E-state index in [-0.39, 0.29) is 12.5 Å². The molecule has 0 heterocycles. The second kappa shape index (κ2) is 13.5. The Kier molecular flexibility index (Phi) is 11.2. The molecule has 1 N–H and O–H groups in total. The van der Waals surface area contributed by atoms with Crippen LogP contribution in [0.4, 0.5) is 5.69 Å². The first-order valence-electron chi connectivity index (χ1n) is 12.1. The molecule has 11 heteroatoms. The number of hydrogen-bond acceptors (Lipinski definition) is 4. The Balaban J connectivity index is 2.60. The first-order valence-corrected chi connectivity index (χ1v) is 14.3. The topological polar surface area (TPSA) is 90.0 Å². The number of rotatable bonds is 12. The minimum atomic E-state index is -4.05. The van der Waals surface area contributed by atoms with Crippen LogP contribution in [0.1, 0.15) is 43.4 Å². The van der Waals surface area contributed by atoms with E-state index in [9.17, 15) is 18.0 Å². The molecule has 1 atom stereocenters. The van der Waals surface area contributed by atoms with Crippen LogP contribution in [0.5, 0.6) is 0 Å². The van der Waals surface area contributed by atoms with E-state index in [0.29, 0.717) is 39.8 Å². The molecule has 0 aliphatic carbocycles. The fourth-order valence-electron chi connectivity index (χ4n) is 3.83. The van der Waals surface area contributed by atoms with Crippen LogP contribution in [0, 0.1) is 13.8 Å². The van der Waals surface area contributed by atoms with Gasteiger partial charge in [-0.1, -0.05) is 55.2 Å². The third-order valence-electron chi connectivity index (χ3n) is 5.98. The summed E-state index contributed by atoms with van der Waals surface area (Å²) in [6, 6.07) is 9.56. The molecule has 2 amide bonds. The van der Waals surface area contributed by atoms with E-state index in [1.54, 1.807) is 38.1 Å². The van der Waals surface area contributed by atoms with Crippen LogP contribution in [-0.2, 0) is 26.3 Å². The predicted molar refractivity (Wildman–Crippen MR) is 150 cm³/mol. The maximum absolute atomic E-state index is 13.9. The number of anilines is 1. The highest BCUT2D eigenvalue weighted by atomic mass is 35.5. The zero-order valence-electron chi connectivity index (χ0n) is 22.2. The molecule has 0 unspecified atom stereocenters. The number of benzene rings is 2. The van der Waals surface area contributed by atoms with E-state index in [0.717, 1.165) is 20.6 Å². The molecular weight excluding hydrogens is 535 g/mol. The zero-order chi connectivity index (χ0) is 27.9. The molecule has 2 aromatic carbocycles. The number of nitrogens with one attached hydrogen (secondary N) is 1. The highest BCUT2D eigenvalue weighted by Crippen LogP contribution is 2.29. The summed E-state index contributed by atoms with van der Waals surface area (Å²) in [7, 11) is -1.23. The Morgan fingerprint density at radius 3 is 2.19 bits per heavy atom. The van der Waals surface area contributed by atoms with Gasteiger partial charge in [-0.15, -0.1) is 0 Å². The maximum Gasteiger partial charge on any atom is 0.304 e. The van der Waals surface area contributed by atoms with E-state index in [1.165, 1.54) is 19.0 Å². The number of aryl methyl sites for hydroxylation is 2. The second-order valence-corrected chi connectivity index (χ2v) is 11.9. The highest BCUT2D eigenvalue weighted by Gasteiger charge is 2.34. The number of carbonyl (C=O) groups is 2. The monoisotopic (exact) mass is 570 g/mol. The number of amides is 2. The predicted octanol–water partition coefficient (Wildman–Crippen LogP) is 4.56. The van der Waals surface area contributed by atoms with Gasteiger partial charge in [0.2, 0.25) is 11.8 Å². The summed E-state index contributed by atoms with van der Waals surface area (Å²) in [6.45, 7) is 7.25. The van der Waals surface area contributed by atoms with Gasteiger partial charge in [-0.3, -0.25) is 9.59 Å². The van der Waals surface area contributed by atoms with Crippen molar-refractivity contribution >= 4 is 50.9 Å². The smallest absolute Gasteiger partial charge is 0.304 e. The number of carbonyl (C=O) groups excluding carboxylic acids is 2. The van der Waals surface area contributed by atoms with Gasteiger partial charge < -0.3 is 10.2 Å². The van der Waals surface area contributed by atoms with E-state index in [2.05, 4.69) is 5.32 Å². The van der Waals surface area contributed by atoms with Crippen molar-refractivity contribution in [2.45, 2.75) is 53.1 Å². The van der Waals surface area contributed by atoms with E-state index in [1.807, 2.05) is 26.0 Å². The third-order valence-corrected chi connectivity index (χ3v) is 8.49. The second-order valence-electron chi connectivity index (χ2n) is 9.02. The van der Waals surface area contributed by atoms with Crippen molar-refractivity contribution in [1.29, 1.82) is 0 Å². The van der Waals surface area contributed by atoms with E-state index < -0.39 is 28.7 Å². The molecule has 0 spiro atoms. The Bertz CT molecular complexity index is 1200. The molecule has 0 aliphatic heterocycles. The van der Waals surface area contributed by atoms with Crippen LogP contribution in [0.25, 0.3) is 0 Å². The van der Waals surface area contributed by atoms with Gasteiger partial charge >= 0.3 is 10.2 Å². The van der Waals surface area contributed by atoms with Gasteiger partial charge in [-0.05, 0) is 56.0 Å². The average molecular weight is 572 g/mol. The van der Waals surface area contributed by atoms with E-state index in [4.69, 9.17) is 23.2 Å². The molecule has 0 saturated carbocycles. The molecule has 8 nitrogen and oxygen atoms in total. The third kappa shape index (κ3) is 7.60. The lowest BCUT2D eigenvalue weighted by Gasteiger charge is -2.34. The minimum absolute atomic E-state index is 0.0575. The van der Waals surface area contributed by atoms with Crippen LogP contribution in [0.3, 0.4) is 0 Å². The van der Waals surface area contributed by atoms with Crippen molar-refractivity contribution in [1.82, 2.24) is 14.5 Å². The Labute approximate surface area is 230 Å². The first-order chi connectivity index (χ1) is 17.3. The van der Waals surface area contributed by atoms with Gasteiger partial charge in [0.15, 0.2) is 0 Å². The maximum atomic E-state index is 13.9. The summed E-state index contributed by atoms with van der Waals surface area (Å²) >= 11 is 12.8. The number of halogens is 2. The summed E-state index contributed by atoms with van der Waals surface area (Å²) in [6.07, 6.45) is 1.04. The minimum Gasteiger partial charge on any atom is -0.354 e. The van der Waals surface area contributed by atoms with Crippen molar-refractivity contribution in [3.8, 4) is 0 Å². The van der Waals surface area contributed by atoms with Crippen LogP contribution in [0.15, 0.2) is 36.4 Å². The summed E-state index contributed by atoms with van der Waals surface area (Å²) in [5, 5.41) is 3.54. The summed E-state index contributed by atoms with van der Waals surface area (Å²) < 4.78 is 28.9. The van der Waals surface area contributed by atoms with Gasteiger partial charge in [0.25, 0.3) is 0 Å². The Hall–Kier alpha value is -2.33. The van der Waals surface area contributed by atoms with Crippen LogP contribution in [-0.4, -0.2) is 62.7 Å². The standard InChI is InChI=1S/C26H36Cl2N4O4S/c1-7-14-29-26(34)23(8-2)31(16-20-21(27)10-9-11-22(20)28)25(33)17-32(37(35,36)30(5)6)24-15-18(3)12-13-19(24)4/h9-13,15,23H,7-8,14,16-17H2,1-6H3,(H,29,34)/t23-/m1/s1.